The van der Waals surface area contributed by atoms with Crippen LogP contribution in [0.15, 0.2) is 24.3 Å². The van der Waals surface area contributed by atoms with Crippen LogP contribution in [0.25, 0.3) is 6.08 Å². The van der Waals surface area contributed by atoms with Gasteiger partial charge in [0.05, 0.1) is 11.6 Å². The van der Waals surface area contributed by atoms with E-state index in [0.717, 1.165) is 6.08 Å². The molecule has 0 aliphatic heterocycles. The van der Waals surface area contributed by atoms with Gasteiger partial charge in [0.1, 0.15) is 5.75 Å². The summed E-state index contributed by atoms with van der Waals surface area (Å²) in [5.41, 5.74) is 0.469. The summed E-state index contributed by atoms with van der Waals surface area (Å²) < 4.78 is 10.3. The molecule has 0 bridgehead atoms. The van der Waals surface area contributed by atoms with Gasteiger partial charge in [-0.25, -0.2) is 9.59 Å². The van der Waals surface area contributed by atoms with Crippen molar-refractivity contribution in [3.8, 4) is 5.75 Å². The Labute approximate surface area is 121 Å². The number of benzene rings is 1. The lowest BCUT2D eigenvalue weighted by Crippen LogP contribution is -2.26. The first-order valence-electron chi connectivity index (χ1n) is 5.98. The van der Waals surface area contributed by atoms with Gasteiger partial charge in [0.15, 0.2) is 6.10 Å². The molecule has 1 unspecified atom stereocenters. The van der Waals surface area contributed by atoms with Crippen LogP contribution in [-0.4, -0.2) is 29.8 Å². The lowest BCUT2D eigenvalue weighted by molar-refractivity contribution is -0.150. The Morgan fingerprint density at radius 3 is 2.75 bits per heavy atom. The molecule has 0 spiro atoms. The van der Waals surface area contributed by atoms with Crippen molar-refractivity contribution in [2.45, 2.75) is 20.0 Å². The van der Waals surface area contributed by atoms with Crippen molar-refractivity contribution in [2.24, 2.45) is 0 Å². The van der Waals surface area contributed by atoms with Crippen molar-refractivity contribution < 1.29 is 24.2 Å². The van der Waals surface area contributed by atoms with Crippen molar-refractivity contribution >= 4 is 29.6 Å². The third-order valence-electron chi connectivity index (χ3n) is 2.32. The molecule has 0 heterocycles. The van der Waals surface area contributed by atoms with Gasteiger partial charge in [-0.15, -0.1) is 0 Å². The van der Waals surface area contributed by atoms with Crippen LogP contribution in [0, 0.1) is 0 Å². The average Bonchev–Trinajstić information content (AvgIpc) is 2.39. The fourth-order valence-electron chi connectivity index (χ4n) is 1.43. The molecule has 0 fully saturated rings. The number of hydrogen-bond acceptors (Lipinski definition) is 4. The second kappa shape index (κ2) is 7.55. The van der Waals surface area contributed by atoms with Gasteiger partial charge in [-0.1, -0.05) is 23.7 Å². The number of para-hydroxylation sites is 1. The molecule has 1 N–H and O–H groups in total. The van der Waals surface area contributed by atoms with E-state index in [-0.39, 0.29) is 17.4 Å². The quantitative estimate of drug-likeness (QED) is 0.646. The van der Waals surface area contributed by atoms with E-state index in [2.05, 4.69) is 0 Å². The number of halogens is 1. The highest BCUT2D eigenvalue weighted by molar-refractivity contribution is 6.32. The van der Waals surface area contributed by atoms with Gasteiger partial charge < -0.3 is 14.6 Å². The molecule has 0 saturated heterocycles. The van der Waals surface area contributed by atoms with Crippen LogP contribution in [0.3, 0.4) is 0 Å². The van der Waals surface area contributed by atoms with Crippen LogP contribution in [0.4, 0.5) is 0 Å². The summed E-state index contributed by atoms with van der Waals surface area (Å²) in [5, 5.41) is 8.93. The Bertz CT molecular complexity index is 524. The molecule has 0 aliphatic carbocycles. The molecule has 6 heteroatoms. The van der Waals surface area contributed by atoms with E-state index in [1.165, 1.54) is 13.0 Å². The summed E-state index contributed by atoms with van der Waals surface area (Å²) in [6.07, 6.45) is 1.47. The van der Waals surface area contributed by atoms with E-state index in [4.69, 9.17) is 26.2 Å². The van der Waals surface area contributed by atoms with E-state index in [9.17, 15) is 9.59 Å². The predicted molar refractivity (Wildman–Crippen MR) is 74.8 cm³/mol. The minimum absolute atomic E-state index is 0.243. The minimum atomic E-state index is -1.09. The number of rotatable bonds is 6. The predicted octanol–water partition coefficient (Wildman–Crippen LogP) is 2.77. The second-order valence-electron chi connectivity index (χ2n) is 3.84. The van der Waals surface area contributed by atoms with Gasteiger partial charge in [0, 0.05) is 11.6 Å². The first-order valence-corrected chi connectivity index (χ1v) is 6.36. The molecular formula is C14H15ClO5. The number of hydrogen-bond donors (Lipinski definition) is 1. The first-order chi connectivity index (χ1) is 9.45. The summed E-state index contributed by atoms with van der Waals surface area (Å²) in [4.78, 5) is 22.1. The molecule has 1 aromatic carbocycles. The summed E-state index contributed by atoms with van der Waals surface area (Å²) >= 11 is 6.01. The Morgan fingerprint density at radius 2 is 2.15 bits per heavy atom. The maximum atomic E-state index is 11.5. The Hall–Kier alpha value is -2.01. The van der Waals surface area contributed by atoms with Gasteiger partial charge >= 0.3 is 11.9 Å². The second-order valence-corrected chi connectivity index (χ2v) is 4.25. The van der Waals surface area contributed by atoms with E-state index >= 15 is 0 Å². The van der Waals surface area contributed by atoms with Crippen LogP contribution in [-0.2, 0) is 14.3 Å². The zero-order valence-electron chi connectivity index (χ0n) is 11.1. The number of carbonyl (C=O) groups excluding carboxylic acids is 1. The van der Waals surface area contributed by atoms with Gasteiger partial charge in [-0.2, -0.15) is 0 Å². The monoisotopic (exact) mass is 298 g/mol. The third-order valence-corrected chi connectivity index (χ3v) is 2.61. The molecule has 108 valence electrons. The number of carboxylic acids is 1. The Morgan fingerprint density at radius 1 is 1.45 bits per heavy atom. The molecule has 1 rings (SSSR count). The first kappa shape index (κ1) is 16.0. The highest BCUT2D eigenvalue weighted by Gasteiger charge is 2.18. The van der Waals surface area contributed by atoms with Crippen molar-refractivity contribution in [1.29, 1.82) is 0 Å². The smallest absolute Gasteiger partial charge is 0.347 e. The maximum absolute atomic E-state index is 11.5. The SMILES string of the molecule is CCOC(=O)C(C)Oc1c(Cl)cccc1/C=C/C(=O)O. The number of aliphatic carboxylic acids is 1. The topological polar surface area (TPSA) is 72.8 Å². The molecule has 1 aromatic rings. The normalized spacial score (nSPS) is 12.2. The number of carboxylic acid groups (broad SMARTS) is 1. The summed E-state index contributed by atoms with van der Waals surface area (Å²) in [6, 6.07) is 4.89. The lowest BCUT2D eigenvalue weighted by atomic mass is 10.2. The third kappa shape index (κ3) is 4.59. The molecule has 0 aromatic heterocycles. The molecule has 20 heavy (non-hydrogen) atoms. The number of ether oxygens (including phenoxy) is 2. The van der Waals surface area contributed by atoms with Crippen LogP contribution in [0.5, 0.6) is 5.75 Å². The molecule has 0 aliphatic rings. The number of esters is 1. The van der Waals surface area contributed by atoms with Crippen LogP contribution in [0.1, 0.15) is 19.4 Å². The van der Waals surface area contributed by atoms with Crippen molar-refractivity contribution in [1.82, 2.24) is 0 Å². The van der Waals surface area contributed by atoms with Crippen LogP contribution >= 0.6 is 11.6 Å². The van der Waals surface area contributed by atoms with E-state index in [1.54, 1.807) is 25.1 Å². The largest absolute Gasteiger partial charge is 0.478 e. The Kier molecular flexibility index (Phi) is 6.06. The summed E-state index contributed by atoms with van der Waals surface area (Å²) in [7, 11) is 0. The molecule has 0 amide bonds. The standard InChI is InChI=1S/C14H15ClO5/c1-3-19-14(18)9(2)20-13-10(7-8-12(16)17)5-4-6-11(13)15/h4-9H,3H2,1-2H3,(H,16,17)/b8-7+. The summed E-state index contributed by atoms with van der Waals surface area (Å²) in [5.74, 6) is -1.36. The average molecular weight is 299 g/mol. The minimum Gasteiger partial charge on any atom is -0.478 e. The van der Waals surface area contributed by atoms with Crippen molar-refractivity contribution in [3.63, 3.8) is 0 Å². The van der Waals surface area contributed by atoms with E-state index in [1.807, 2.05) is 0 Å². The molecule has 0 radical (unpaired) electrons. The fourth-order valence-corrected chi connectivity index (χ4v) is 1.65. The lowest BCUT2D eigenvalue weighted by Gasteiger charge is -2.16. The molecular weight excluding hydrogens is 284 g/mol. The van der Waals surface area contributed by atoms with Crippen molar-refractivity contribution in [3.05, 3.63) is 34.9 Å². The van der Waals surface area contributed by atoms with Gasteiger partial charge in [0.25, 0.3) is 0 Å². The van der Waals surface area contributed by atoms with Crippen LogP contribution in [0.2, 0.25) is 5.02 Å². The Balaban J connectivity index is 2.98. The van der Waals surface area contributed by atoms with Gasteiger partial charge in [-0.3, -0.25) is 0 Å². The maximum Gasteiger partial charge on any atom is 0.347 e. The van der Waals surface area contributed by atoms with E-state index in [0.29, 0.717) is 5.56 Å². The van der Waals surface area contributed by atoms with E-state index < -0.39 is 18.0 Å². The van der Waals surface area contributed by atoms with Crippen molar-refractivity contribution in [2.75, 3.05) is 6.61 Å². The zero-order valence-corrected chi connectivity index (χ0v) is 11.9. The summed E-state index contributed by atoms with van der Waals surface area (Å²) in [6.45, 7) is 3.48. The zero-order chi connectivity index (χ0) is 15.1. The number of carbonyl (C=O) groups is 2. The molecule has 0 saturated carbocycles. The van der Waals surface area contributed by atoms with Gasteiger partial charge in [0.2, 0.25) is 0 Å². The highest BCUT2D eigenvalue weighted by atomic mass is 35.5. The fraction of sp³-hybridized carbons (Fsp3) is 0.286. The molecule has 5 nitrogen and oxygen atoms in total. The van der Waals surface area contributed by atoms with Crippen LogP contribution < -0.4 is 4.74 Å². The molecule has 1 atom stereocenters. The van der Waals surface area contributed by atoms with Gasteiger partial charge in [-0.05, 0) is 26.0 Å². The highest BCUT2D eigenvalue weighted by Crippen LogP contribution is 2.30.